The standard InChI is InChI=1S/C13H15N3O3/c1-9-3-5-10(6-4-9)14-11(17)7-16-12(18)8-15(2)13(16)19/h3-6H,7-8H2,1-2H3,(H,14,17). The maximum absolute atomic E-state index is 11.8. The zero-order valence-electron chi connectivity index (χ0n) is 10.8. The normalized spacial score (nSPS) is 15.1. The van der Waals surface area contributed by atoms with Crippen LogP contribution in [-0.4, -0.2) is 47.8 Å². The molecule has 0 aromatic heterocycles. The van der Waals surface area contributed by atoms with E-state index >= 15 is 0 Å². The second-order valence-corrected chi connectivity index (χ2v) is 4.53. The van der Waals surface area contributed by atoms with E-state index < -0.39 is 6.03 Å². The van der Waals surface area contributed by atoms with Crippen LogP contribution in [0.3, 0.4) is 0 Å². The molecule has 6 heteroatoms. The van der Waals surface area contributed by atoms with Crippen molar-refractivity contribution < 1.29 is 14.4 Å². The van der Waals surface area contributed by atoms with E-state index in [0.717, 1.165) is 10.5 Å². The topological polar surface area (TPSA) is 69.7 Å². The van der Waals surface area contributed by atoms with Crippen LogP contribution in [0, 0.1) is 6.92 Å². The Kier molecular flexibility index (Phi) is 3.50. The fraction of sp³-hybridized carbons (Fsp3) is 0.308. The van der Waals surface area contributed by atoms with Gasteiger partial charge >= 0.3 is 6.03 Å². The molecular weight excluding hydrogens is 246 g/mol. The molecule has 4 amide bonds. The number of carbonyl (C=O) groups is 3. The molecule has 1 aliphatic rings. The van der Waals surface area contributed by atoms with Gasteiger partial charge in [0.2, 0.25) is 5.91 Å². The van der Waals surface area contributed by atoms with Gasteiger partial charge in [0, 0.05) is 12.7 Å². The molecule has 1 aliphatic heterocycles. The molecule has 0 atom stereocenters. The van der Waals surface area contributed by atoms with Crippen LogP contribution in [0.2, 0.25) is 0 Å². The van der Waals surface area contributed by atoms with Gasteiger partial charge in [-0.1, -0.05) is 17.7 Å². The molecule has 0 spiro atoms. The van der Waals surface area contributed by atoms with Gasteiger partial charge < -0.3 is 10.2 Å². The average Bonchev–Trinajstić information content (AvgIpc) is 2.59. The van der Waals surface area contributed by atoms with Gasteiger partial charge in [0.1, 0.15) is 13.1 Å². The van der Waals surface area contributed by atoms with Crippen molar-refractivity contribution >= 4 is 23.5 Å². The molecule has 1 aromatic rings. The van der Waals surface area contributed by atoms with Crippen LogP contribution in [0.15, 0.2) is 24.3 Å². The van der Waals surface area contributed by atoms with E-state index in [-0.39, 0.29) is 24.9 Å². The smallest absolute Gasteiger partial charge is 0.325 e. The van der Waals surface area contributed by atoms with Crippen LogP contribution in [0.1, 0.15) is 5.56 Å². The number of nitrogens with one attached hydrogen (secondary N) is 1. The number of amides is 4. The molecule has 19 heavy (non-hydrogen) atoms. The second-order valence-electron chi connectivity index (χ2n) is 4.53. The number of aryl methyl sites for hydroxylation is 1. The maximum atomic E-state index is 11.8. The van der Waals surface area contributed by atoms with Gasteiger partial charge in [-0.15, -0.1) is 0 Å². The van der Waals surface area contributed by atoms with E-state index in [1.165, 1.54) is 11.9 Å². The quantitative estimate of drug-likeness (QED) is 0.819. The maximum Gasteiger partial charge on any atom is 0.327 e. The minimum Gasteiger partial charge on any atom is -0.325 e. The highest BCUT2D eigenvalue weighted by molar-refractivity contribution is 6.06. The lowest BCUT2D eigenvalue weighted by molar-refractivity contribution is -0.129. The third-order valence-electron chi connectivity index (χ3n) is 2.87. The number of imide groups is 1. The number of hydrogen-bond acceptors (Lipinski definition) is 3. The van der Waals surface area contributed by atoms with Gasteiger partial charge in [0.05, 0.1) is 0 Å². The van der Waals surface area contributed by atoms with Crippen molar-refractivity contribution in [3.05, 3.63) is 29.8 Å². The van der Waals surface area contributed by atoms with E-state index in [2.05, 4.69) is 5.32 Å². The Morgan fingerprint density at radius 1 is 1.26 bits per heavy atom. The number of nitrogens with zero attached hydrogens (tertiary/aromatic N) is 2. The molecular formula is C13H15N3O3. The van der Waals surface area contributed by atoms with Crippen molar-refractivity contribution in [1.82, 2.24) is 9.80 Å². The van der Waals surface area contributed by atoms with E-state index in [9.17, 15) is 14.4 Å². The number of benzene rings is 1. The molecule has 0 saturated carbocycles. The summed E-state index contributed by atoms with van der Waals surface area (Å²) >= 11 is 0. The van der Waals surface area contributed by atoms with Crippen molar-refractivity contribution in [3.8, 4) is 0 Å². The Hall–Kier alpha value is -2.37. The summed E-state index contributed by atoms with van der Waals surface area (Å²) < 4.78 is 0. The van der Waals surface area contributed by atoms with Crippen LogP contribution < -0.4 is 5.32 Å². The molecule has 1 aromatic carbocycles. The summed E-state index contributed by atoms with van der Waals surface area (Å²) in [5.74, 6) is -0.743. The summed E-state index contributed by atoms with van der Waals surface area (Å²) in [5, 5.41) is 2.65. The summed E-state index contributed by atoms with van der Waals surface area (Å²) in [6, 6.07) is 6.84. The average molecular weight is 261 g/mol. The number of urea groups is 1. The predicted octanol–water partition coefficient (Wildman–Crippen LogP) is 0.828. The Bertz CT molecular complexity index is 524. The van der Waals surface area contributed by atoms with Crippen molar-refractivity contribution in [2.45, 2.75) is 6.92 Å². The molecule has 1 fully saturated rings. The highest BCUT2D eigenvalue weighted by atomic mass is 16.2. The van der Waals surface area contributed by atoms with E-state index in [0.29, 0.717) is 5.69 Å². The largest absolute Gasteiger partial charge is 0.327 e. The Morgan fingerprint density at radius 3 is 2.42 bits per heavy atom. The molecule has 1 N–H and O–H groups in total. The first-order valence-electron chi connectivity index (χ1n) is 5.89. The minimum absolute atomic E-state index is 0.0244. The Morgan fingerprint density at radius 2 is 1.89 bits per heavy atom. The number of carbonyl (C=O) groups excluding carboxylic acids is 3. The van der Waals surface area contributed by atoms with Crippen LogP contribution in [0.25, 0.3) is 0 Å². The molecule has 1 heterocycles. The van der Waals surface area contributed by atoms with E-state index in [4.69, 9.17) is 0 Å². The van der Waals surface area contributed by atoms with Crippen LogP contribution in [-0.2, 0) is 9.59 Å². The van der Waals surface area contributed by atoms with E-state index in [1.807, 2.05) is 19.1 Å². The minimum atomic E-state index is -0.441. The zero-order chi connectivity index (χ0) is 14.0. The van der Waals surface area contributed by atoms with Gasteiger partial charge in [0.25, 0.3) is 5.91 Å². The molecule has 0 aliphatic carbocycles. The van der Waals surface area contributed by atoms with Gasteiger partial charge in [0.15, 0.2) is 0 Å². The predicted molar refractivity (Wildman–Crippen MR) is 69.5 cm³/mol. The molecule has 2 rings (SSSR count). The number of hydrogen-bond donors (Lipinski definition) is 1. The van der Waals surface area contributed by atoms with Gasteiger partial charge in [-0.25, -0.2) is 4.79 Å². The summed E-state index contributed by atoms with van der Waals surface area (Å²) in [6.07, 6.45) is 0. The molecule has 1 saturated heterocycles. The SMILES string of the molecule is Cc1ccc(NC(=O)CN2C(=O)CN(C)C2=O)cc1. The third-order valence-corrected chi connectivity index (χ3v) is 2.87. The highest BCUT2D eigenvalue weighted by Gasteiger charge is 2.34. The first-order chi connectivity index (χ1) is 8.97. The van der Waals surface area contributed by atoms with Crippen LogP contribution >= 0.6 is 0 Å². The lowest BCUT2D eigenvalue weighted by Gasteiger charge is -2.13. The second kappa shape index (κ2) is 5.09. The lowest BCUT2D eigenvalue weighted by atomic mass is 10.2. The van der Waals surface area contributed by atoms with Crippen LogP contribution in [0.4, 0.5) is 10.5 Å². The summed E-state index contributed by atoms with van der Waals surface area (Å²) in [7, 11) is 1.53. The first-order valence-corrected chi connectivity index (χ1v) is 5.89. The van der Waals surface area contributed by atoms with Crippen LogP contribution in [0.5, 0.6) is 0 Å². The Balaban J connectivity index is 1.96. The summed E-state index contributed by atoms with van der Waals surface area (Å²) in [6.45, 7) is 1.72. The van der Waals surface area contributed by atoms with Crippen molar-refractivity contribution in [3.63, 3.8) is 0 Å². The molecule has 6 nitrogen and oxygen atoms in total. The molecule has 0 unspecified atom stereocenters. The van der Waals surface area contributed by atoms with Gasteiger partial charge in [-0.05, 0) is 19.1 Å². The third kappa shape index (κ3) is 2.90. The fourth-order valence-corrected chi connectivity index (χ4v) is 1.81. The highest BCUT2D eigenvalue weighted by Crippen LogP contribution is 2.10. The summed E-state index contributed by atoms with van der Waals surface area (Å²) in [4.78, 5) is 37.1. The monoisotopic (exact) mass is 261 g/mol. The van der Waals surface area contributed by atoms with Gasteiger partial charge in [-0.3, -0.25) is 14.5 Å². The van der Waals surface area contributed by atoms with Crippen molar-refractivity contribution in [2.24, 2.45) is 0 Å². The summed E-state index contributed by atoms with van der Waals surface area (Å²) in [5.41, 5.74) is 1.73. The first kappa shape index (κ1) is 13.1. The molecule has 0 bridgehead atoms. The van der Waals surface area contributed by atoms with Gasteiger partial charge in [-0.2, -0.15) is 0 Å². The van der Waals surface area contributed by atoms with Crippen molar-refractivity contribution in [1.29, 1.82) is 0 Å². The Labute approximate surface area is 111 Å². The lowest BCUT2D eigenvalue weighted by Crippen LogP contribution is -2.38. The van der Waals surface area contributed by atoms with E-state index in [1.54, 1.807) is 12.1 Å². The number of rotatable bonds is 3. The zero-order valence-corrected chi connectivity index (χ0v) is 10.8. The number of likely N-dealkylation sites (N-methyl/N-ethyl adjacent to an activating group) is 1. The molecule has 0 radical (unpaired) electrons. The number of anilines is 1. The fourth-order valence-electron chi connectivity index (χ4n) is 1.81. The van der Waals surface area contributed by atoms with Crippen molar-refractivity contribution in [2.75, 3.05) is 25.5 Å². The molecule has 100 valence electrons.